The molecular weight excluding hydrogens is 294 g/mol. The van der Waals surface area contributed by atoms with Crippen LogP contribution in [0.3, 0.4) is 0 Å². The van der Waals surface area contributed by atoms with E-state index in [0.717, 1.165) is 11.4 Å². The van der Waals surface area contributed by atoms with Crippen LogP contribution in [0.5, 0.6) is 11.5 Å². The Labute approximate surface area is 135 Å². The number of anilines is 1. The van der Waals surface area contributed by atoms with Gasteiger partial charge in [-0.2, -0.15) is 0 Å². The Bertz CT molecular complexity index is 716. The summed E-state index contributed by atoms with van der Waals surface area (Å²) in [5.74, 6) is 2.00. The molecule has 1 aliphatic rings. The van der Waals surface area contributed by atoms with Gasteiger partial charge in [0.2, 0.25) is 0 Å². The molecule has 0 saturated carbocycles. The fourth-order valence-electron chi connectivity index (χ4n) is 2.28. The van der Waals surface area contributed by atoms with Gasteiger partial charge in [-0.15, -0.1) is 0 Å². The van der Waals surface area contributed by atoms with Gasteiger partial charge in [-0.3, -0.25) is 4.79 Å². The Balaban J connectivity index is 1.66. The summed E-state index contributed by atoms with van der Waals surface area (Å²) >= 11 is 0. The Morgan fingerprint density at radius 1 is 1.17 bits per heavy atom. The molecule has 1 aromatic carbocycles. The number of fused-ring (bicyclic) bond motifs is 1. The zero-order valence-corrected chi connectivity index (χ0v) is 13.2. The van der Waals surface area contributed by atoms with Crippen molar-refractivity contribution in [2.75, 3.05) is 32.2 Å². The minimum atomic E-state index is -0.148. The molecule has 2 aromatic rings. The van der Waals surface area contributed by atoms with Gasteiger partial charge in [-0.25, -0.2) is 4.98 Å². The van der Waals surface area contributed by atoms with Crippen molar-refractivity contribution in [3.8, 4) is 11.5 Å². The van der Waals surface area contributed by atoms with Crippen LogP contribution in [0.15, 0.2) is 36.5 Å². The third-order valence-electron chi connectivity index (χ3n) is 3.53. The fourth-order valence-corrected chi connectivity index (χ4v) is 2.28. The van der Waals surface area contributed by atoms with Gasteiger partial charge in [0.15, 0.2) is 11.5 Å². The summed E-state index contributed by atoms with van der Waals surface area (Å²) in [6.45, 7) is 1.48. The molecule has 0 saturated heterocycles. The lowest BCUT2D eigenvalue weighted by atomic mass is 10.1. The number of nitrogens with zero attached hydrogens (tertiary/aromatic N) is 2. The molecule has 0 unspecified atom stereocenters. The minimum absolute atomic E-state index is 0.148. The zero-order chi connectivity index (χ0) is 16.2. The summed E-state index contributed by atoms with van der Waals surface area (Å²) < 4.78 is 11.0. The van der Waals surface area contributed by atoms with Gasteiger partial charge < -0.3 is 19.7 Å². The first-order valence-electron chi connectivity index (χ1n) is 7.43. The van der Waals surface area contributed by atoms with Crippen LogP contribution in [0.2, 0.25) is 0 Å². The maximum absolute atomic E-state index is 12.3. The second-order valence-corrected chi connectivity index (χ2v) is 5.46. The average Bonchev–Trinajstić information content (AvgIpc) is 2.59. The largest absolute Gasteiger partial charge is 0.486 e. The summed E-state index contributed by atoms with van der Waals surface area (Å²) in [6, 6.07) is 9.05. The lowest BCUT2D eigenvalue weighted by molar-refractivity contribution is 0.0949. The quantitative estimate of drug-likeness (QED) is 0.933. The summed E-state index contributed by atoms with van der Waals surface area (Å²) in [6.07, 6.45) is 1.74. The van der Waals surface area contributed by atoms with Crippen molar-refractivity contribution in [1.82, 2.24) is 10.3 Å². The number of carbonyl (C=O) groups is 1. The summed E-state index contributed by atoms with van der Waals surface area (Å²) in [5, 5.41) is 2.91. The van der Waals surface area contributed by atoms with Gasteiger partial charge in [-0.1, -0.05) is 0 Å². The molecule has 1 N–H and O–H groups in total. The van der Waals surface area contributed by atoms with E-state index in [1.165, 1.54) is 0 Å². The number of benzene rings is 1. The first-order chi connectivity index (χ1) is 11.1. The highest BCUT2D eigenvalue weighted by molar-refractivity contribution is 5.94. The smallest absolute Gasteiger partial charge is 0.251 e. The number of pyridine rings is 1. The van der Waals surface area contributed by atoms with Crippen LogP contribution in [0.1, 0.15) is 15.9 Å². The molecule has 1 amide bonds. The lowest BCUT2D eigenvalue weighted by Gasteiger charge is -2.18. The maximum Gasteiger partial charge on any atom is 0.251 e. The first-order valence-corrected chi connectivity index (χ1v) is 7.43. The predicted molar refractivity (Wildman–Crippen MR) is 87.2 cm³/mol. The molecular formula is C17H19N3O3. The SMILES string of the molecule is CN(C)c1cc(CNC(=O)c2ccc3c(c2)OCCO3)ccn1. The Morgan fingerprint density at radius 3 is 2.74 bits per heavy atom. The van der Waals surface area contributed by atoms with E-state index in [1.54, 1.807) is 24.4 Å². The van der Waals surface area contributed by atoms with Gasteiger partial charge in [0.1, 0.15) is 19.0 Å². The molecule has 1 aliphatic heterocycles. The van der Waals surface area contributed by atoms with Gasteiger partial charge in [-0.05, 0) is 35.9 Å². The van der Waals surface area contributed by atoms with Crippen LogP contribution in [-0.4, -0.2) is 38.2 Å². The van der Waals surface area contributed by atoms with Crippen molar-refractivity contribution in [2.24, 2.45) is 0 Å². The van der Waals surface area contributed by atoms with Gasteiger partial charge in [0, 0.05) is 32.4 Å². The third-order valence-corrected chi connectivity index (χ3v) is 3.53. The van der Waals surface area contributed by atoms with E-state index in [0.29, 0.717) is 36.8 Å². The molecule has 120 valence electrons. The number of amides is 1. The standard InChI is InChI=1S/C17H19N3O3/c1-20(2)16-9-12(5-6-18-16)11-19-17(21)13-3-4-14-15(10-13)23-8-7-22-14/h3-6,9-10H,7-8,11H2,1-2H3,(H,19,21). The topological polar surface area (TPSA) is 63.7 Å². The lowest BCUT2D eigenvalue weighted by Crippen LogP contribution is -2.23. The van der Waals surface area contributed by atoms with Crippen LogP contribution in [0.4, 0.5) is 5.82 Å². The second kappa shape index (κ2) is 6.56. The minimum Gasteiger partial charge on any atom is -0.486 e. The normalized spacial score (nSPS) is 12.6. The molecule has 0 radical (unpaired) electrons. The van der Waals surface area contributed by atoms with E-state index in [9.17, 15) is 4.79 Å². The van der Waals surface area contributed by atoms with E-state index in [4.69, 9.17) is 9.47 Å². The highest BCUT2D eigenvalue weighted by atomic mass is 16.6. The molecule has 0 atom stereocenters. The molecule has 6 heteroatoms. The number of hydrogen-bond acceptors (Lipinski definition) is 5. The van der Waals surface area contributed by atoms with Crippen LogP contribution in [0.25, 0.3) is 0 Å². The molecule has 0 bridgehead atoms. The molecule has 6 nitrogen and oxygen atoms in total. The van der Waals surface area contributed by atoms with Crippen molar-refractivity contribution in [3.63, 3.8) is 0 Å². The van der Waals surface area contributed by atoms with Crippen molar-refractivity contribution in [3.05, 3.63) is 47.7 Å². The van der Waals surface area contributed by atoms with Gasteiger partial charge in [0.05, 0.1) is 0 Å². The van der Waals surface area contributed by atoms with Crippen molar-refractivity contribution >= 4 is 11.7 Å². The van der Waals surface area contributed by atoms with Crippen LogP contribution in [0, 0.1) is 0 Å². The van der Waals surface area contributed by atoms with Crippen molar-refractivity contribution in [1.29, 1.82) is 0 Å². The summed E-state index contributed by atoms with van der Waals surface area (Å²) in [4.78, 5) is 18.5. The average molecular weight is 313 g/mol. The highest BCUT2D eigenvalue weighted by Crippen LogP contribution is 2.30. The van der Waals surface area contributed by atoms with Gasteiger partial charge >= 0.3 is 0 Å². The Morgan fingerprint density at radius 2 is 1.96 bits per heavy atom. The molecule has 23 heavy (non-hydrogen) atoms. The summed E-state index contributed by atoms with van der Waals surface area (Å²) in [5.41, 5.74) is 1.55. The van der Waals surface area contributed by atoms with E-state index in [1.807, 2.05) is 31.1 Å². The van der Waals surface area contributed by atoms with Crippen LogP contribution >= 0.6 is 0 Å². The number of ether oxygens (including phenoxy) is 2. The molecule has 3 rings (SSSR count). The van der Waals surface area contributed by atoms with Crippen LogP contribution in [-0.2, 0) is 6.54 Å². The third kappa shape index (κ3) is 3.53. The number of carbonyl (C=O) groups excluding carboxylic acids is 1. The monoisotopic (exact) mass is 313 g/mol. The molecule has 0 aliphatic carbocycles. The van der Waals surface area contributed by atoms with Crippen LogP contribution < -0.4 is 19.7 Å². The van der Waals surface area contributed by atoms with E-state index in [2.05, 4.69) is 10.3 Å². The number of aromatic nitrogens is 1. The molecule has 1 aromatic heterocycles. The highest BCUT2D eigenvalue weighted by Gasteiger charge is 2.14. The molecule has 0 spiro atoms. The molecule has 2 heterocycles. The zero-order valence-electron chi connectivity index (χ0n) is 13.2. The fraction of sp³-hybridized carbons (Fsp3) is 0.294. The number of hydrogen-bond donors (Lipinski definition) is 1. The first kappa shape index (κ1) is 15.1. The predicted octanol–water partition coefficient (Wildman–Crippen LogP) is 1.85. The van der Waals surface area contributed by atoms with E-state index >= 15 is 0 Å². The van der Waals surface area contributed by atoms with E-state index < -0.39 is 0 Å². The number of rotatable bonds is 4. The Kier molecular flexibility index (Phi) is 4.32. The maximum atomic E-state index is 12.3. The van der Waals surface area contributed by atoms with Crippen molar-refractivity contribution in [2.45, 2.75) is 6.54 Å². The van der Waals surface area contributed by atoms with E-state index in [-0.39, 0.29) is 5.91 Å². The Hall–Kier alpha value is -2.76. The summed E-state index contributed by atoms with van der Waals surface area (Å²) in [7, 11) is 3.86. The van der Waals surface area contributed by atoms with Gasteiger partial charge in [0.25, 0.3) is 5.91 Å². The number of nitrogens with one attached hydrogen (secondary N) is 1. The second-order valence-electron chi connectivity index (χ2n) is 5.46. The molecule has 0 fully saturated rings. The van der Waals surface area contributed by atoms with Crippen molar-refractivity contribution < 1.29 is 14.3 Å².